The van der Waals surface area contributed by atoms with Gasteiger partial charge in [0.15, 0.2) is 0 Å². The van der Waals surface area contributed by atoms with E-state index in [0.717, 1.165) is 37.6 Å². The zero-order chi connectivity index (χ0) is 14.0. The van der Waals surface area contributed by atoms with Gasteiger partial charge >= 0.3 is 0 Å². The molecule has 106 valence electrons. The van der Waals surface area contributed by atoms with Crippen molar-refractivity contribution in [2.24, 2.45) is 0 Å². The molecule has 0 bridgehead atoms. The largest absolute Gasteiger partial charge is 0.384 e. The number of ether oxygens (including phenoxy) is 1. The third kappa shape index (κ3) is 3.15. The van der Waals surface area contributed by atoms with Crippen molar-refractivity contribution in [3.05, 3.63) is 11.9 Å². The number of anilines is 2. The van der Waals surface area contributed by atoms with Gasteiger partial charge in [-0.05, 0) is 19.8 Å². The fourth-order valence-corrected chi connectivity index (χ4v) is 2.46. The molecule has 2 rings (SSSR count). The second-order valence-electron chi connectivity index (χ2n) is 5.84. The molecule has 1 aromatic rings. The minimum atomic E-state index is -0.101. The van der Waals surface area contributed by atoms with Crippen molar-refractivity contribution in [3.8, 4) is 0 Å². The predicted octanol–water partition coefficient (Wildman–Crippen LogP) is 2.19. The average Bonchev–Trinajstić information content (AvgIpc) is 2.38. The summed E-state index contributed by atoms with van der Waals surface area (Å²) in [7, 11) is 1.78. The van der Waals surface area contributed by atoms with E-state index in [4.69, 9.17) is 10.5 Å². The van der Waals surface area contributed by atoms with Gasteiger partial charge in [0.1, 0.15) is 17.5 Å². The van der Waals surface area contributed by atoms with Crippen molar-refractivity contribution in [1.29, 1.82) is 0 Å². The van der Waals surface area contributed by atoms with Crippen LogP contribution in [0.2, 0.25) is 0 Å². The van der Waals surface area contributed by atoms with E-state index >= 15 is 0 Å². The first-order valence-electron chi connectivity index (χ1n) is 6.88. The molecule has 1 aromatic heterocycles. The molecule has 0 amide bonds. The molecule has 1 aliphatic rings. The quantitative estimate of drug-likeness (QED) is 0.906. The number of nitrogens with zero attached hydrogens (tertiary/aromatic N) is 3. The minimum absolute atomic E-state index is 0.101. The molecule has 19 heavy (non-hydrogen) atoms. The summed E-state index contributed by atoms with van der Waals surface area (Å²) in [6.07, 6.45) is 2.18. The average molecular weight is 264 g/mol. The highest BCUT2D eigenvalue weighted by atomic mass is 16.5. The lowest BCUT2D eigenvalue weighted by Gasteiger charge is -2.40. The molecule has 5 nitrogen and oxygen atoms in total. The normalized spacial score (nSPS) is 23.9. The van der Waals surface area contributed by atoms with Crippen molar-refractivity contribution in [2.45, 2.75) is 45.1 Å². The van der Waals surface area contributed by atoms with Gasteiger partial charge in [-0.25, -0.2) is 9.97 Å². The molecule has 0 saturated carbocycles. The number of aromatic nitrogens is 2. The highest BCUT2D eigenvalue weighted by molar-refractivity contribution is 5.48. The lowest BCUT2D eigenvalue weighted by molar-refractivity contribution is -0.00482. The van der Waals surface area contributed by atoms with E-state index in [-0.39, 0.29) is 11.5 Å². The van der Waals surface area contributed by atoms with Crippen LogP contribution >= 0.6 is 0 Å². The maximum atomic E-state index is 5.89. The van der Waals surface area contributed by atoms with Crippen LogP contribution in [0.15, 0.2) is 6.07 Å². The third-order valence-electron chi connectivity index (χ3n) is 3.74. The molecule has 1 saturated heterocycles. The number of rotatable bonds is 3. The molecule has 0 radical (unpaired) electrons. The van der Waals surface area contributed by atoms with Crippen LogP contribution in [0, 0.1) is 0 Å². The topological polar surface area (TPSA) is 64.3 Å². The van der Waals surface area contributed by atoms with Crippen LogP contribution in [0.5, 0.6) is 0 Å². The Kier molecular flexibility index (Phi) is 3.94. The molecular formula is C14H24N4O. The Bertz CT molecular complexity index is 449. The zero-order valence-electron chi connectivity index (χ0n) is 12.3. The van der Waals surface area contributed by atoms with Gasteiger partial charge in [0, 0.05) is 32.2 Å². The lowest BCUT2D eigenvalue weighted by Crippen LogP contribution is -2.47. The number of nitrogen functional groups attached to an aromatic ring is 1. The number of piperidine rings is 1. The SMILES string of the molecule is COC1(C)CCCN(c2cc(N)nc(C(C)C)n2)C1. The van der Waals surface area contributed by atoms with Crippen LogP contribution in [0.3, 0.4) is 0 Å². The summed E-state index contributed by atoms with van der Waals surface area (Å²) in [4.78, 5) is 11.2. The van der Waals surface area contributed by atoms with E-state index < -0.39 is 0 Å². The molecular weight excluding hydrogens is 240 g/mol. The van der Waals surface area contributed by atoms with Crippen LogP contribution in [0.1, 0.15) is 45.4 Å². The Morgan fingerprint density at radius 2 is 2.16 bits per heavy atom. The van der Waals surface area contributed by atoms with E-state index in [0.29, 0.717) is 5.82 Å². The number of methoxy groups -OCH3 is 1. The van der Waals surface area contributed by atoms with Gasteiger partial charge in [0.25, 0.3) is 0 Å². The van der Waals surface area contributed by atoms with Crippen molar-refractivity contribution < 1.29 is 4.74 Å². The summed E-state index contributed by atoms with van der Waals surface area (Å²) in [5, 5.41) is 0. The van der Waals surface area contributed by atoms with Gasteiger partial charge in [-0.2, -0.15) is 0 Å². The highest BCUT2D eigenvalue weighted by Gasteiger charge is 2.31. The fraction of sp³-hybridized carbons (Fsp3) is 0.714. The van der Waals surface area contributed by atoms with Crippen molar-refractivity contribution in [3.63, 3.8) is 0 Å². The van der Waals surface area contributed by atoms with Crippen LogP contribution in [0.25, 0.3) is 0 Å². The maximum Gasteiger partial charge on any atom is 0.135 e. The molecule has 1 fully saturated rings. The van der Waals surface area contributed by atoms with Crippen LogP contribution in [-0.2, 0) is 4.74 Å². The second-order valence-corrected chi connectivity index (χ2v) is 5.84. The number of hydrogen-bond acceptors (Lipinski definition) is 5. The van der Waals surface area contributed by atoms with E-state index in [1.165, 1.54) is 0 Å². The Hall–Kier alpha value is -1.36. The van der Waals surface area contributed by atoms with E-state index in [2.05, 4.69) is 35.6 Å². The van der Waals surface area contributed by atoms with Gasteiger partial charge in [0.2, 0.25) is 0 Å². The van der Waals surface area contributed by atoms with Crippen molar-refractivity contribution >= 4 is 11.6 Å². The van der Waals surface area contributed by atoms with Gasteiger partial charge in [0.05, 0.1) is 5.60 Å². The Morgan fingerprint density at radius 3 is 2.79 bits per heavy atom. The van der Waals surface area contributed by atoms with Gasteiger partial charge in [-0.1, -0.05) is 13.8 Å². The summed E-state index contributed by atoms with van der Waals surface area (Å²) in [6.45, 7) is 8.14. The summed E-state index contributed by atoms with van der Waals surface area (Å²) >= 11 is 0. The van der Waals surface area contributed by atoms with Gasteiger partial charge < -0.3 is 15.4 Å². The first-order chi connectivity index (χ1) is 8.93. The number of nitrogens with two attached hydrogens (primary N) is 1. The summed E-state index contributed by atoms with van der Waals surface area (Å²) in [5.74, 6) is 2.54. The monoisotopic (exact) mass is 264 g/mol. The van der Waals surface area contributed by atoms with E-state index in [9.17, 15) is 0 Å². The summed E-state index contributed by atoms with van der Waals surface area (Å²) in [5.41, 5.74) is 5.79. The summed E-state index contributed by atoms with van der Waals surface area (Å²) < 4.78 is 5.62. The maximum absolute atomic E-state index is 5.89. The highest BCUT2D eigenvalue weighted by Crippen LogP contribution is 2.28. The van der Waals surface area contributed by atoms with Crippen LogP contribution < -0.4 is 10.6 Å². The smallest absolute Gasteiger partial charge is 0.135 e. The zero-order valence-corrected chi connectivity index (χ0v) is 12.3. The lowest BCUT2D eigenvalue weighted by atomic mass is 9.95. The molecule has 5 heteroatoms. The molecule has 0 aliphatic carbocycles. The Balaban J connectivity index is 2.26. The Labute approximate surface area is 115 Å². The fourth-order valence-electron chi connectivity index (χ4n) is 2.46. The second kappa shape index (κ2) is 5.33. The molecule has 1 unspecified atom stereocenters. The van der Waals surface area contributed by atoms with Gasteiger partial charge in [-0.15, -0.1) is 0 Å². The first-order valence-corrected chi connectivity index (χ1v) is 6.88. The number of hydrogen-bond donors (Lipinski definition) is 1. The van der Waals surface area contributed by atoms with Crippen LogP contribution in [-0.4, -0.2) is 35.8 Å². The molecule has 0 spiro atoms. The predicted molar refractivity (Wildman–Crippen MR) is 77.4 cm³/mol. The first kappa shape index (κ1) is 14.1. The van der Waals surface area contributed by atoms with Crippen LogP contribution in [0.4, 0.5) is 11.6 Å². The molecule has 1 aliphatic heterocycles. The minimum Gasteiger partial charge on any atom is -0.384 e. The molecule has 2 heterocycles. The molecule has 2 N–H and O–H groups in total. The molecule has 1 atom stereocenters. The Morgan fingerprint density at radius 1 is 1.42 bits per heavy atom. The standard InChI is InChI=1S/C14H24N4O/c1-10(2)13-16-11(15)8-12(17-13)18-7-5-6-14(3,9-18)19-4/h8,10H,5-7,9H2,1-4H3,(H2,15,16,17). The van der Waals surface area contributed by atoms with Crippen molar-refractivity contribution in [1.82, 2.24) is 9.97 Å². The molecule has 0 aromatic carbocycles. The van der Waals surface area contributed by atoms with Gasteiger partial charge in [-0.3, -0.25) is 0 Å². The van der Waals surface area contributed by atoms with Crippen molar-refractivity contribution in [2.75, 3.05) is 30.8 Å². The summed E-state index contributed by atoms with van der Waals surface area (Å²) in [6, 6.07) is 1.85. The van der Waals surface area contributed by atoms with E-state index in [1.54, 1.807) is 7.11 Å². The van der Waals surface area contributed by atoms with E-state index in [1.807, 2.05) is 6.07 Å². The third-order valence-corrected chi connectivity index (χ3v) is 3.74.